The summed E-state index contributed by atoms with van der Waals surface area (Å²) in [4.78, 5) is 12.6. The van der Waals surface area contributed by atoms with Crippen molar-refractivity contribution in [3.05, 3.63) is 60.2 Å². The Morgan fingerprint density at radius 2 is 1.78 bits per heavy atom. The molecule has 0 saturated carbocycles. The molecule has 2 saturated heterocycles. The lowest BCUT2D eigenvalue weighted by atomic mass is 9.92. The van der Waals surface area contributed by atoms with Crippen molar-refractivity contribution in [2.45, 2.75) is 50.7 Å². The van der Waals surface area contributed by atoms with Gasteiger partial charge in [0, 0.05) is 33.2 Å². The molecule has 0 aromatic heterocycles. The highest BCUT2D eigenvalue weighted by Gasteiger charge is 2.37. The van der Waals surface area contributed by atoms with E-state index in [-0.39, 0.29) is 31.0 Å². The Morgan fingerprint density at radius 1 is 1.06 bits per heavy atom. The number of rotatable bonds is 8. The molecule has 5 unspecified atom stereocenters. The van der Waals surface area contributed by atoms with E-state index in [0.29, 0.717) is 13.0 Å². The molecule has 0 aliphatic carbocycles. The largest absolute Gasteiger partial charge is 0.472 e. The first-order chi connectivity index (χ1) is 17.4. The van der Waals surface area contributed by atoms with Crippen LogP contribution < -0.4 is 0 Å². The minimum atomic E-state index is -4.20. The third-order valence-electron chi connectivity index (χ3n) is 7.62. The van der Waals surface area contributed by atoms with Gasteiger partial charge in [0.15, 0.2) is 0 Å². The van der Waals surface area contributed by atoms with E-state index in [1.54, 1.807) is 7.11 Å². The molecule has 4 aromatic rings. The molecule has 2 aliphatic rings. The van der Waals surface area contributed by atoms with E-state index in [9.17, 15) is 9.46 Å². The molecule has 0 spiro atoms. The van der Waals surface area contributed by atoms with Crippen LogP contribution in [0.3, 0.4) is 0 Å². The Morgan fingerprint density at radius 3 is 2.56 bits per heavy atom. The van der Waals surface area contributed by atoms with Crippen LogP contribution in [0.15, 0.2) is 54.6 Å². The summed E-state index contributed by atoms with van der Waals surface area (Å²) in [5.41, 5.74) is 1.25. The second-order valence-electron chi connectivity index (χ2n) is 10.1. The molecule has 6 rings (SSSR count). The van der Waals surface area contributed by atoms with Gasteiger partial charge in [0.05, 0.1) is 24.9 Å². The number of ether oxygens (including phenoxy) is 2. The molecule has 0 bridgehead atoms. The van der Waals surface area contributed by atoms with Crippen LogP contribution in [-0.2, 0) is 29.6 Å². The molecular formula is C28H32NO6P. The summed E-state index contributed by atoms with van der Waals surface area (Å²) in [7, 11) is -2.59. The van der Waals surface area contributed by atoms with Crippen LogP contribution in [0.4, 0.5) is 0 Å². The van der Waals surface area contributed by atoms with Crippen LogP contribution in [0.2, 0.25) is 0 Å². The second-order valence-corrected chi connectivity index (χ2v) is 11.5. The first-order valence-corrected chi connectivity index (χ1v) is 14.1. The molecule has 36 heavy (non-hydrogen) atoms. The summed E-state index contributed by atoms with van der Waals surface area (Å²) in [5.74, 6) is 0. The predicted octanol–water partition coefficient (Wildman–Crippen LogP) is 5.48. The molecule has 2 fully saturated rings. The molecule has 2 heterocycles. The number of hydrogen-bond acceptors (Lipinski definition) is 6. The van der Waals surface area contributed by atoms with Gasteiger partial charge in [0.1, 0.15) is 6.10 Å². The molecule has 4 aromatic carbocycles. The highest BCUT2D eigenvalue weighted by atomic mass is 31.2. The first-order valence-electron chi connectivity index (χ1n) is 12.6. The smallest absolute Gasteiger partial charge is 0.379 e. The molecule has 8 heteroatoms. The fraction of sp³-hybridized carbons (Fsp3) is 0.429. The second kappa shape index (κ2) is 9.66. The highest BCUT2D eigenvalue weighted by Crippen LogP contribution is 2.47. The van der Waals surface area contributed by atoms with Gasteiger partial charge in [-0.05, 0) is 51.2 Å². The van der Waals surface area contributed by atoms with Gasteiger partial charge >= 0.3 is 7.82 Å². The topological polar surface area (TPSA) is 77.5 Å². The average Bonchev–Trinajstić information content (AvgIpc) is 3.46. The van der Waals surface area contributed by atoms with Gasteiger partial charge in [-0.1, -0.05) is 54.6 Å². The number of likely N-dealkylation sites (tertiary alicyclic amines) is 1. The number of nitrogens with zero attached hydrogens (tertiary/aromatic N) is 1. The van der Waals surface area contributed by atoms with E-state index < -0.39 is 7.82 Å². The SMILES string of the molecule is COC1CC(C)OC1COP(=O)(O)OC1CCN(Cc2ccc3ccc4cccc5ccc2c3c45)C1. The fourth-order valence-corrected chi connectivity index (χ4v) is 6.85. The quantitative estimate of drug-likeness (QED) is 0.249. The summed E-state index contributed by atoms with van der Waals surface area (Å²) in [6.07, 6.45) is 0.572. The number of benzene rings is 4. The Bertz CT molecular complexity index is 1410. The highest BCUT2D eigenvalue weighted by molar-refractivity contribution is 7.47. The van der Waals surface area contributed by atoms with Crippen molar-refractivity contribution in [3.63, 3.8) is 0 Å². The summed E-state index contributed by atoms with van der Waals surface area (Å²) in [5, 5.41) is 7.63. The van der Waals surface area contributed by atoms with Gasteiger partial charge in [-0.25, -0.2) is 4.57 Å². The molecule has 2 aliphatic heterocycles. The fourth-order valence-electron chi connectivity index (χ4n) is 5.90. The zero-order valence-corrected chi connectivity index (χ0v) is 21.5. The van der Waals surface area contributed by atoms with Gasteiger partial charge in [0.25, 0.3) is 0 Å². The minimum absolute atomic E-state index is 0.0320. The Labute approximate surface area is 210 Å². The third-order valence-corrected chi connectivity index (χ3v) is 8.65. The van der Waals surface area contributed by atoms with Gasteiger partial charge in [0.2, 0.25) is 0 Å². The molecule has 0 amide bonds. The summed E-state index contributed by atoms with van der Waals surface area (Å²) < 4.78 is 34.6. The Kier molecular flexibility index (Phi) is 6.51. The van der Waals surface area contributed by atoms with Crippen LogP contribution in [0.1, 0.15) is 25.3 Å². The number of phosphoric acid groups is 1. The van der Waals surface area contributed by atoms with E-state index in [4.69, 9.17) is 18.5 Å². The zero-order valence-electron chi connectivity index (χ0n) is 20.6. The van der Waals surface area contributed by atoms with Crippen molar-refractivity contribution < 1.29 is 28.0 Å². The van der Waals surface area contributed by atoms with Crippen molar-refractivity contribution in [1.82, 2.24) is 4.90 Å². The Hall–Kier alpha value is -2.09. The van der Waals surface area contributed by atoms with Crippen LogP contribution in [0.5, 0.6) is 0 Å². The standard InChI is InChI=1S/C28H32NO6P/c1-18-14-25(32-2)26(34-18)17-33-36(30,31)35-23-12-13-29(16-23)15-22-9-8-21-7-6-19-4-3-5-20-10-11-24(22)28(21)27(19)20/h3-11,18,23,25-26H,12-17H2,1-2H3,(H,30,31). The lowest BCUT2D eigenvalue weighted by Crippen LogP contribution is -2.28. The number of hydrogen-bond donors (Lipinski definition) is 1. The first kappa shape index (κ1) is 24.3. The molecular weight excluding hydrogens is 477 g/mol. The minimum Gasteiger partial charge on any atom is -0.379 e. The van der Waals surface area contributed by atoms with Crippen molar-refractivity contribution in [2.24, 2.45) is 0 Å². The van der Waals surface area contributed by atoms with E-state index in [1.165, 1.54) is 37.9 Å². The van der Waals surface area contributed by atoms with E-state index in [0.717, 1.165) is 19.5 Å². The average molecular weight is 510 g/mol. The summed E-state index contributed by atoms with van der Waals surface area (Å²) >= 11 is 0. The van der Waals surface area contributed by atoms with Crippen LogP contribution >= 0.6 is 7.82 Å². The van der Waals surface area contributed by atoms with E-state index in [1.807, 2.05) is 6.92 Å². The molecule has 190 valence electrons. The normalized spacial score (nSPS) is 27.0. The van der Waals surface area contributed by atoms with Gasteiger partial charge in [-0.2, -0.15) is 0 Å². The lowest BCUT2D eigenvalue weighted by Gasteiger charge is -2.22. The molecule has 0 radical (unpaired) electrons. The number of phosphoric ester groups is 1. The summed E-state index contributed by atoms with van der Waals surface area (Å²) in [6, 6.07) is 19.6. The third kappa shape index (κ3) is 4.66. The molecule has 5 atom stereocenters. The molecule has 7 nitrogen and oxygen atoms in total. The lowest BCUT2D eigenvalue weighted by molar-refractivity contribution is -0.0332. The summed E-state index contributed by atoms with van der Waals surface area (Å²) in [6.45, 7) is 4.05. The van der Waals surface area contributed by atoms with Crippen molar-refractivity contribution in [2.75, 3.05) is 26.8 Å². The monoisotopic (exact) mass is 509 g/mol. The van der Waals surface area contributed by atoms with Crippen LogP contribution in [0.25, 0.3) is 32.3 Å². The Balaban J connectivity index is 1.12. The van der Waals surface area contributed by atoms with Gasteiger partial charge < -0.3 is 14.4 Å². The maximum Gasteiger partial charge on any atom is 0.472 e. The van der Waals surface area contributed by atoms with Crippen LogP contribution in [0, 0.1) is 0 Å². The zero-order chi connectivity index (χ0) is 24.9. The van der Waals surface area contributed by atoms with E-state index in [2.05, 4.69) is 59.5 Å². The predicted molar refractivity (Wildman–Crippen MR) is 140 cm³/mol. The maximum atomic E-state index is 12.6. The van der Waals surface area contributed by atoms with Gasteiger partial charge in [-0.3, -0.25) is 13.9 Å². The van der Waals surface area contributed by atoms with Crippen molar-refractivity contribution in [3.8, 4) is 0 Å². The van der Waals surface area contributed by atoms with Gasteiger partial charge in [-0.15, -0.1) is 0 Å². The van der Waals surface area contributed by atoms with Crippen molar-refractivity contribution >= 4 is 40.1 Å². The number of methoxy groups -OCH3 is 1. The van der Waals surface area contributed by atoms with Crippen molar-refractivity contribution in [1.29, 1.82) is 0 Å². The molecule has 1 N–H and O–H groups in total. The van der Waals surface area contributed by atoms with E-state index >= 15 is 0 Å². The maximum absolute atomic E-state index is 12.6. The van der Waals surface area contributed by atoms with Crippen LogP contribution in [-0.4, -0.2) is 61.0 Å².